The van der Waals surface area contributed by atoms with E-state index in [0.717, 1.165) is 31.7 Å². The van der Waals surface area contributed by atoms with Gasteiger partial charge in [-0.15, -0.1) is 0 Å². The van der Waals surface area contributed by atoms with Gasteiger partial charge in [0.15, 0.2) is 5.82 Å². The highest BCUT2D eigenvalue weighted by Crippen LogP contribution is 2.25. The van der Waals surface area contributed by atoms with Crippen molar-refractivity contribution in [1.29, 1.82) is 0 Å². The van der Waals surface area contributed by atoms with Gasteiger partial charge >= 0.3 is 0 Å². The number of piperazine rings is 1. The van der Waals surface area contributed by atoms with E-state index >= 15 is 0 Å². The van der Waals surface area contributed by atoms with E-state index in [1.54, 1.807) is 0 Å². The van der Waals surface area contributed by atoms with Gasteiger partial charge < -0.3 is 10.3 Å². The van der Waals surface area contributed by atoms with Gasteiger partial charge in [-0.1, -0.05) is 35.5 Å². The highest BCUT2D eigenvalue weighted by molar-refractivity contribution is 5.81. The van der Waals surface area contributed by atoms with Crippen molar-refractivity contribution in [2.75, 3.05) is 26.2 Å². The van der Waals surface area contributed by atoms with Crippen molar-refractivity contribution >= 4 is 5.91 Å². The normalized spacial score (nSPS) is 19.1. The van der Waals surface area contributed by atoms with Gasteiger partial charge in [-0.3, -0.25) is 14.6 Å². The van der Waals surface area contributed by atoms with Crippen LogP contribution in [0.15, 0.2) is 34.9 Å². The molecule has 0 bridgehead atoms. The quantitative estimate of drug-likeness (QED) is 0.889. The SMILES string of the molecule is Cc1noc([C@@H](C)N2CCN([C@H](C(N)=O)c3ccccc3)CC2)n1. The summed E-state index contributed by atoms with van der Waals surface area (Å²) in [7, 11) is 0. The first-order valence-electron chi connectivity index (χ1n) is 8.19. The number of nitrogens with two attached hydrogens (primary N) is 1. The third-order valence-electron chi connectivity index (χ3n) is 4.55. The molecule has 1 aliphatic heterocycles. The van der Waals surface area contributed by atoms with Crippen LogP contribution in [0.1, 0.15) is 36.3 Å². The number of rotatable bonds is 5. The van der Waals surface area contributed by atoms with Crippen LogP contribution in [-0.2, 0) is 4.79 Å². The number of primary amides is 1. The molecular formula is C17H23N5O2. The molecule has 0 aliphatic carbocycles. The Kier molecular flexibility index (Phi) is 4.92. The molecule has 128 valence electrons. The van der Waals surface area contributed by atoms with Crippen LogP contribution in [0.3, 0.4) is 0 Å². The monoisotopic (exact) mass is 329 g/mol. The molecule has 2 heterocycles. The molecule has 0 saturated carbocycles. The first-order chi connectivity index (χ1) is 11.6. The lowest BCUT2D eigenvalue weighted by atomic mass is 10.0. The Morgan fingerprint density at radius 2 is 1.79 bits per heavy atom. The van der Waals surface area contributed by atoms with E-state index in [-0.39, 0.29) is 18.0 Å². The molecule has 1 fully saturated rings. The summed E-state index contributed by atoms with van der Waals surface area (Å²) in [6.45, 7) is 7.04. The van der Waals surface area contributed by atoms with E-state index in [4.69, 9.17) is 10.3 Å². The summed E-state index contributed by atoms with van der Waals surface area (Å²) in [6, 6.07) is 9.39. The Morgan fingerprint density at radius 3 is 2.33 bits per heavy atom. The highest BCUT2D eigenvalue weighted by atomic mass is 16.5. The molecule has 1 aromatic heterocycles. The van der Waals surface area contributed by atoms with Crippen LogP contribution in [0.5, 0.6) is 0 Å². The van der Waals surface area contributed by atoms with E-state index in [1.165, 1.54) is 0 Å². The Hall–Kier alpha value is -2.25. The molecule has 1 aromatic carbocycles. The smallest absolute Gasteiger partial charge is 0.243 e. The first-order valence-corrected chi connectivity index (χ1v) is 8.19. The summed E-state index contributed by atoms with van der Waals surface area (Å²) in [4.78, 5) is 20.7. The Balaban J connectivity index is 1.66. The fraction of sp³-hybridized carbons (Fsp3) is 0.471. The Morgan fingerprint density at radius 1 is 1.17 bits per heavy atom. The highest BCUT2D eigenvalue weighted by Gasteiger charge is 2.31. The van der Waals surface area contributed by atoms with Crippen molar-refractivity contribution in [3.8, 4) is 0 Å². The van der Waals surface area contributed by atoms with Crippen molar-refractivity contribution in [2.45, 2.75) is 25.9 Å². The first kappa shape index (κ1) is 16.6. The maximum absolute atomic E-state index is 12.0. The Bertz CT molecular complexity index is 679. The molecule has 0 radical (unpaired) electrons. The van der Waals surface area contributed by atoms with Gasteiger partial charge in [-0.2, -0.15) is 4.98 Å². The van der Waals surface area contributed by atoms with E-state index < -0.39 is 0 Å². The van der Waals surface area contributed by atoms with Crippen LogP contribution in [0.2, 0.25) is 0 Å². The third kappa shape index (κ3) is 3.47. The van der Waals surface area contributed by atoms with Crippen molar-refractivity contribution in [3.63, 3.8) is 0 Å². The summed E-state index contributed by atoms with van der Waals surface area (Å²) in [5.41, 5.74) is 6.60. The molecule has 7 heteroatoms. The lowest BCUT2D eigenvalue weighted by Crippen LogP contribution is -2.50. The van der Waals surface area contributed by atoms with Gasteiger partial charge in [-0.25, -0.2) is 0 Å². The lowest BCUT2D eigenvalue weighted by molar-refractivity contribution is -0.124. The minimum atomic E-state index is -0.380. The average Bonchev–Trinajstić information content (AvgIpc) is 3.02. The molecule has 2 N–H and O–H groups in total. The maximum Gasteiger partial charge on any atom is 0.243 e. The van der Waals surface area contributed by atoms with Crippen LogP contribution in [-0.4, -0.2) is 52.0 Å². The number of benzene rings is 1. The maximum atomic E-state index is 12.0. The number of carbonyl (C=O) groups is 1. The summed E-state index contributed by atoms with van der Waals surface area (Å²) in [5.74, 6) is 0.971. The number of aromatic nitrogens is 2. The molecule has 1 aliphatic rings. The van der Waals surface area contributed by atoms with Gasteiger partial charge in [0.2, 0.25) is 11.8 Å². The van der Waals surface area contributed by atoms with E-state index in [1.807, 2.05) is 37.3 Å². The van der Waals surface area contributed by atoms with Gasteiger partial charge in [0.1, 0.15) is 6.04 Å². The zero-order chi connectivity index (χ0) is 17.1. The predicted molar refractivity (Wildman–Crippen MR) is 89.0 cm³/mol. The molecule has 7 nitrogen and oxygen atoms in total. The second-order valence-corrected chi connectivity index (χ2v) is 6.14. The number of aryl methyl sites for hydroxylation is 1. The molecule has 2 aromatic rings. The van der Waals surface area contributed by atoms with Gasteiger partial charge in [0.05, 0.1) is 6.04 Å². The van der Waals surface area contributed by atoms with Gasteiger partial charge in [0, 0.05) is 26.2 Å². The molecular weight excluding hydrogens is 306 g/mol. The molecule has 3 rings (SSSR count). The molecule has 0 unspecified atom stereocenters. The minimum absolute atomic E-state index is 0.0668. The van der Waals surface area contributed by atoms with Crippen LogP contribution in [0, 0.1) is 6.92 Å². The van der Waals surface area contributed by atoms with E-state index in [2.05, 4.69) is 26.9 Å². The molecule has 1 saturated heterocycles. The lowest BCUT2D eigenvalue weighted by Gasteiger charge is -2.39. The molecule has 1 amide bonds. The molecule has 24 heavy (non-hydrogen) atoms. The van der Waals surface area contributed by atoms with Gasteiger partial charge in [0.25, 0.3) is 0 Å². The van der Waals surface area contributed by atoms with Crippen molar-refractivity contribution in [1.82, 2.24) is 19.9 Å². The van der Waals surface area contributed by atoms with Crippen molar-refractivity contribution in [3.05, 3.63) is 47.6 Å². The van der Waals surface area contributed by atoms with E-state index in [9.17, 15) is 4.79 Å². The van der Waals surface area contributed by atoms with Crippen molar-refractivity contribution < 1.29 is 9.32 Å². The number of hydrogen-bond acceptors (Lipinski definition) is 6. The van der Waals surface area contributed by atoms with Crippen LogP contribution >= 0.6 is 0 Å². The largest absolute Gasteiger partial charge is 0.368 e. The molecule has 0 spiro atoms. The summed E-state index contributed by atoms with van der Waals surface area (Å²) < 4.78 is 5.27. The standard InChI is InChI=1S/C17H23N5O2/c1-12(17-19-13(2)20-24-17)21-8-10-22(11-9-21)15(16(18)23)14-6-4-3-5-7-14/h3-7,12,15H,8-11H2,1-2H3,(H2,18,23)/t12-,15+/m1/s1. The van der Waals surface area contributed by atoms with Gasteiger partial charge in [-0.05, 0) is 19.4 Å². The third-order valence-corrected chi connectivity index (χ3v) is 4.55. The summed E-state index contributed by atoms with van der Waals surface area (Å²) >= 11 is 0. The average molecular weight is 329 g/mol. The second-order valence-electron chi connectivity index (χ2n) is 6.14. The second kappa shape index (κ2) is 7.11. The number of carbonyl (C=O) groups excluding carboxylic acids is 1. The predicted octanol–water partition coefficient (Wildman–Crippen LogP) is 1.28. The van der Waals surface area contributed by atoms with Crippen LogP contribution in [0.4, 0.5) is 0 Å². The zero-order valence-corrected chi connectivity index (χ0v) is 14.1. The van der Waals surface area contributed by atoms with Crippen LogP contribution in [0.25, 0.3) is 0 Å². The summed E-state index contributed by atoms with van der Waals surface area (Å²) in [5, 5.41) is 3.85. The molecule has 2 atom stereocenters. The fourth-order valence-electron chi connectivity index (χ4n) is 3.21. The number of hydrogen-bond donors (Lipinski definition) is 1. The van der Waals surface area contributed by atoms with E-state index in [0.29, 0.717) is 11.7 Å². The van der Waals surface area contributed by atoms with Crippen LogP contribution < -0.4 is 5.73 Å². The minimum Gasteiger partial charge on any atom is -0.368 e. The fourth-order valence-corrected chi connectivity index (χ4v) is 3.21. The Labute approximate surface area is 141 Å². The summed E-state index contributed by atoms with van der Waals surface area (Å²) in [6.07, 6.45) is 0. The number of amides is 1. The number of nitrogens with zero attached hydrogens (tertiary/aromatic N) is 4. The zero-order valence-electron chi connectivity index (χ0n) is 14.1. The van der Waals surface area contributed by atoms with Crippen molar-refractivity contribution in [2.24, 2.45) is 5.73 Å². The topological polar surface area (TPSA) is 88.5 Å².